The van der Waals surface area contributed by atoms with Crippen molar-refractivity contribution in [3.05, 3.63) is 95.6 Å². The lowest BCUT2D eigenvalue weighted by Gasteiger charge is -2.45. The fourth-order valence-electron chi connectivity index (χ4n) is 8.26. The Hall–Kier alpha value is -3.70. The zero-order valence-corrected chi connectivity index (χ0v) is 19.9. The number of benzene rings is 3. The summed E-state index contributed by atoms with van der Waals surface area (Å²) in [6.07, 6.45) is 8.82. The number of ether oxygens (including phenoxy) is 2. The number of fused-ring (bicyclic) bond motifs is 4. The van der Waals surface area contributed by atoms with E-state index in [1.54, 1.807) is 0 Å². The van der Waals surface area contributed by atoms with Crippen LogP contribution in [0.15, 0.2) is 78.9 Å². The molecule has 8 rings (SSSR count). The summed E-state index contributed by atoms with van der Waals surface area (Å²) < 4.78 is 11.7. The Labute approximate surface area is 209 Å². The maximum atomic E-state index is 14.8. The second-order valence-electron chi connectivity index (χ2n) is 10.8. The number of Topliss-reactive ketones (excluding diaryl/α,β-unsaturated/α-hetero) is 2. The van der Waals surface area contributed by atoms with E-state index in [4.69, 9.17) is 9.47 Å². The highest BCUT2D eigenvalue weighted by molar-refractivity contribution is 6.23. The van der Waals surface area contributed by atoms with E-state index in [9.17, 15) is 9.59 Å². The van der Waals surface area contributed by atoms with Crippen molar-refractivity contribution in [2.24, 2.45) is 17.3 Å². The quantitative estimate of drug-likeness (QED) is 0.496. The molecule has 0 amide bonds. The number of para-hydroxylation sites is 1. The summed E-state index contributed by atoms with van der Waals surface area (Å²) in [4.78, 5) is 31.8. The monoisotopic (exact) mass is 475 g/mol. The van der Waals surface area contributed by atoms with Crippen LogP contribution in [0.5, 0.6) is 11.5 Å². The number of nitrogens with zero attached hydrogens (tertiary/aromatic N) is 1. The van der Waals surface area contributed by atoms with Gasteiger partial charge >= 0.3 is 0 Å². The third-order valence-electron chi connectivity index (χ3n) is 9.49. The van der Waals surface area contributed by atoms with Crippen LogP contribution < -0.4 is 9.47 Å². The number of hydrogen-bond donors (Lipinski definition) is 0. The molecule has 2 aliphatic heterocycles. The van der Waals surface area contributed by atoms with E-state index in [-0.39, 0.29) is 36.1 Å². The predicted octanol–water partition coefficient (Wildman–Crippen LogP) is 5.01. The molecule has 5 heteroatoms. The van der Waals surface area contributed by atoms with Gasteiger partial charge in [0.15, 0.2) is 17.3 Å². The number of ketones is 2. The van der Waals surface area contributed by atoms with Gasteiger partial charge in [0.05, 0.1) is 5.41 Å². The number of hydrogen-bond acceptors (Lipinski definition) is 5. The molecular formula is C31H25NO4. The Morgan fingerprint density at radius 2 is 1.75 bits per heavy atom. The summed E-state index contributed by atoms with van der Waals surface area (Å²) in [6, 6.07) is 18.0. The topological polar surface area (TPSA) is 55.8 Å². The van der Waals surface area contributed by atoms with Crippen molar-refractivity contribution in [3.63, 3.8) is 0 Å². The van der Waals surface area contributed by atoms with Crippen LogP contribution in [-0.4, -0.2) is 36.9 Å². The van der Waals surface area contributed by atoms with Gasteiger partial charge in [0.2, 0.25) is 6.79 Å². The minimum absolute atomic E-state index is 0.0454. The molecule has 1 saturated heterocycles. The van der Waals surface area contributed by atoms with Gasteiger partial charge in [-0.3, -0.25) is 14.5 Å². The summed E-state index contributed by atoms with van der Waals surface area (Å²) in [6.45, 7) is 0.746. The van der Waals surface area contributed by atoms with Crippen LogP contribution in [0.4, 0.5) is 0 Å². The maximum absolute atomic E-state index is 14.8. The molecule has 5 nitrogen and oxygen atoms in total. The normalized spacial score (nSPS) is 33.5. The number of carbonyl (C=O) groups excluding carboxylic acids is 2. The third kappa shape index (κ3) is 2.10. The van der Waals surface area contributed by atoms with E-state index in [1.165, 1.54) is 0 Å². The Morgan fingerprint density at radius 3 is 2.61 bits per heavy atom. The van der Waals surface area contributed by atoms with Gasteiger partial charge < -0.3 is 9.47 Å². The van der Waals surface area contributed by atoms with Gasteiger partial charge in [-0.1, -0.05) is 72.8 Å². The van der Waals surface area contributed by atoms with Crippen molar-refractivity contribution in [3.8, 4) is 11.5 Å². The molecule has 5 atom stereocenters. The van der Waals surface area contributed by atoms with Crippen molar-refractivity contribution in [2.75, 3.05) is 20.4 Å². The smallest absolute Gasteiger partial charge is 0.231 e. The molecule has 2 heterocycles. The lowest BCUT2D eigenvalue weighted by molar-refractivity contribution is -0.132. The van der Waals surface area contributed by atoms with E-state index < -0.39 is 11.0 Å². The van der Waals surface area contributed by atoms with E-state index in [1.807, 2.05) is 55.6 Å². The molecule has 0 radical (unpaired) electrons. The van der Waals surface area contributed by atoms with Gasteiger partial charge in [-0.05, 0) is 41.8 Å². The summed E-state index contributed by atoms with van der Waals surface area (Å²) in [7, 11) is 2.02. The van der Waals surface area contributed by atoms with Crippen molar-refractivity contribution >= 4 is 22.3 Å². The van der Waals surface area contributed by atoms with E-state index >= 15 is 0 Å². The van der Waals surface area contributed by atoms with Crippen LogP contribution in [0.1, 0.15) is 33.8 Å². The summed E-state index contributed by atoms with van der Waals surface area (Å²) in [5.74, 6) is 1.25. The Kier molecular flexibility index (Phi) is 3.84. The molecule has 2 unspecified atom stereocenters. The molecule has 2 spiro atoms. The molecule has 3 aromatic rings. The van der Waals surface area contributed by atoms with Gasteiger partial charge in [-0.25, -0.2) is 0 Å². The average Bonchev–Trinajstić information content (AvgIpc) is 3.62. The van der Waals surface area contributed by atoms with Crippen LogP contribution in [0, 0.1) is 17.3 Å². The second kappa shape index (κ2) is 6.74. The lowest BCUT2D eigenvalue weighted by Crippen LogP contribution is -2.56. The third-order valence-corrected chi connectivity index (χ3v) is 9.49. The van der Waals surface area contributed by atoms with Crippen molar-refractivity contribution < 1.29 is 19.1 Å². The van der Waals surface area contributed by atoms with E-state index in [0.29, 0.717) is 24.5 Å². The van der Waals surface area contributed by atoms with Crippen LogP contribution in [0.2, 0.25) is 0 Å². The van der Waals surface area contributed by atoms with Crippen LogP contribution in [0.3, 0.4) is 0 Å². The fraction of sp³-hybridized carbons (Fsp3) is 0.290. The van der Waals surface area contributed by atoms with Gasteiger partial charge in [-0.2, -0.15) is 0 Å². The average molecular weight is 476 g/mol. The number of likely N-dealkylation sites (tertiary alicyclic amines) is 1. The molecule has 0 bridgehead atoms. The first-order valence-electron chi connectivity index (χ1n) is 12.6. The Balaban J connectivity index is 1.46. The molecule has 0 N–H and O–H groups in total. The molecular weight excluding hydrogens is 450 g/mol. The van der Waals surface area contributed by atoms with Crippen molar-refractivity contribution in [1.82, 2.24) is 4.90 Å². The molecule has 0 aromatic heterocycles. The molecule has 3 aliphatic carbocycles. The number of rotatable bonds is 1. The first-order valence-corrected chi connectivity index (χ1v) is 12.6. The SMILES string of the molecule is CN1C[C@H](c2cccc3c2OCO3)[C@]2(CC3C=CC=CC3C2=O)[C@]12C(=O)c1cccc3cccc2c13. The first kappa shape index (κ1) is 20.5. The molecule has 36 heavy (non-hydrogen) atoms. The summed E-state index contributed by atoms with van der Waals surface area (Å²) in [5.41, 5.74) is 0.641. The van der Waals surface area contributed by atoms with Gasteiger partial charge in [0, 0.05) is 29.5 Å². The Morgan fingerprint density at radius 1 is 0.944 bits per heavy atom. The highest BCUT2D eigenvalue weighted by Crippen LogP contribution is 2.70. The Bertz CT molecular complexity index is 1560. The molecule has 1 saturated carbocycles. The molecule has 2 fully saturated rings. The summed E-state index contributed by atoms with van der Waals surface area (Å²) in [5, 5.41) is 2.03. The largest absolute Gasteiger partial charge is 0.454 e. The second-order valence-corrected chi connectivity index (χ2v) is 10.8. The van der Waals surface area contributed by atoms with Crippen LogP contribution >= 0.6 is 0 Å². The van der Waals surface area contributed by atoms with Crippen molar-refractivity contribution in [2.45, 2.75) is 17.9 Å². The number of allylic oxidation sites excluding steroid dienone is 4. The van der Waals surface area contributed by atoms with Crippen molar-refractivity contribution in [1.29, 1.82) is 0 Å². The number of carbonyl (C=O) groups is 2. The van der Waals surface area contributed by atoms with E-state index in [2.05, 4.69) is 35.2 Å². The fourth-order valence-corrected chi connectivity index (χ4v) is 8.26. The van der Waals surface area contributed by atoms with Crippen LogP contribution in [0.25, 0.3) is 10.8 Å². The van der Waals surface area contributed by atoms with Gasteiger partial charge in [0.25, 0.3) is 0 Å². The highest BCUT2D eigenvalue weighted by atomic mass is 16.7. The predicted molar refractivity (Wildman–Crippen MR) is 135 cm³/mol. The van der Waals surface area contributed by atoms with Gasteiger partial charge in [0.1, 0.15) is 11.3 Å². The van der Waals surface area contributed by atoms with Crippen LogP contribution in [-0.2, 0) is 10.3 Å². The van der Waals surface area contributed by atoms with Gasteiger partial charge in [-0.15, -0.1) is 0 Å². The summed E-state index contributed by atoms with van der Waals surface area (Å²) >= 11 is 0. The number of likely N-dealkylation sites (N-methyl/N-ethyl adjacent to an activating group) is 1. The zero-order valence-electron chi connectivity index (χ0n) is 19.9. The molecule has 178 valence electrons. The van der Waals surface area contributed by atoms with E-state index in [0.717, 1.165) is 27.5 Å². The maximum Gasteiger partial charge on any atom is 0.231 e. The minimum Gasteiger partial charge on any atom is -0.454 e. The standard InChI is InChI=1S/C31H25NO4/c1-32-16-24(21-11-6-14-25-27(21)36-17-35-25)30(15-19-7-2-3-10-20(19)28(30)33)31(32)23-13-5-9-18-8-4-12-22(26(18)23)29(31)34/h2-14,19-20,24H,15-17H2,1H3/t19?,20?,24-,30+,31+/m1/s1. The lowest BCUT2D eigenvalue weighted by atomic mass is 9.58. The zero-order chi connectivity index (χ0) is 24.2. The molecule has 3 aromatic carbocycles. The minimum atomic E-state index is -1.07. The first-order chi connectivity index (χ1) is 17.6. The highest BCUT2D eigenvalue weighted by Gasteiger charge is 2.76. The molecule has 5 aliphatic rings.